The Bertz CT molecular complexity index is 350. The van der Waals surface area contributed by atoms with Gasteiger partial charge in [-0.2, -0.15) is 0 Å². The molecule has 1 aromatic rings. The van der Waals surface area contributed by atoms with Crippen molar-refractivity contribution in [2.45, 2.75) is 10.8 Å². The third-order valence-electron chi connectivity index (χ3n) is 1.20. The van der Waals surface area contributed by atoms with Gasteiger partial charge in [0.2, 0.25) is 5.91 Å². The highest BCUT2D eigenvalue weighted by molar-refractivity contribution is 8.01. The van der Waals surface area contributed by atoms with Crippen LogP contribution in [0.25, 0.3) is 0 Å². The number of amides is 1. The van der Waals surface area contributed by atoms with E-state index in [0.717, 1.165) is 0 Å². The number of hydrogen-bond donors (Lipinski definition) is 2. The van der Waals surface area contributed by atoms with Crippen LogP contribution >= 0.6 is 23.1 Å². The smallest absolute Gasteiger partial charge is 0.309 e. The minimum atomic E-state index is -0.915. The van der Waals surface area contributed by atoms with E-state index in [2.05, 4.69) is 4.98 Å². The molecular formula is C7H8N2O3S2. The van der Waals surface area contributed by atoms with Crippen molar-refractivity contribution in [3.8, 4) is 0 Å². The van der Waals surface area contributed by atoms with Crippen molar-refractivity contribution in [1.29, 1.82) is 0 Å². The van der Waals surface area contributed by atoms with Gasteiger partial charge in [0, 0.05) is 5.38 Å². The molecule has 5 nitrogen and oxygen atoms in total. The van der Waals surface area contributed by atoms with Gasteiger partial charge in [-0.3, -0.25) is 9.59 Å². The van der Waals surface area contributed by atoms with Gasteiger partial charge < -0.3 is 10.8 Å². The zero-order valence-electron chi connectivity index (χ0n) is 7.10. The van der Waals surface area contributed by atoms with E-state index in [4.69, 9.17) is 10.8 Å². The molecular weight excluding hydrogens is 224 g/mol. The summed E-state index contributed by atoms with van der Waals surface area (Å²) in [6, 6.07) is 0. The summed E-state index contributed by atoms with van der Waals surface area (Å²) in [5.74, 6) is -1.16. The fourth-order valence-electron chi connectivity index (χ4n) is 0.724. The number of aromatic nitrogens is 1. The number of carboxylic acid groups (broad SMARTS) is 1. The predicted molar refractivity (Wildman–Crippen MR) is 53.4 cm³/mol. The lowest BCUT2D eigenvalue weighted by Crippen LogP contribution is -2.12. The minimum Gasteiger partial charge on any atom is -0.481 e. The molecule has 0 bridgehead atoms. The fraction of sp³-hybridized carbons (Fsp3) is 0.286. The van der Waals surface area contributed by atoms with E-state index in [0.29, 0.717) is 10.0 Å². The van der Waals surface area contributed by atoms with Crippen molar-refractivity contribution in [3.63, 3.8) is 0 Å². The lowest BCUT2D eigenvalue weighted by Gasteiger charge is -1.91. The zero-order chi connectivity index (χ0) is 10.6. The average Bonchev–Trinajstić information content (AvgIpc) is 2.47. The van der Waals surface area contributed by atoms with E-state index in [1.165, 1.54) is 23.1 Å². The van der Waals surface area contributed by atoms with Crippen molar-refractivity contribution in [2.75, 3.05) is 5.75 Å². The Hall–Kier alpha value is -1.08. The number of rotatable bonds is 5. The van der Waals surface area contributed by atoms with Crippen LogP contribution in [0.2, 0.25) is 0 Å². The second-order valence-electron chi connectivity index (χ2n) is 2.43. The van der Waals surface area contributed by atoms with Crippen molar-refractivity contribution in [1.82, 2.24) is 4.98 Å². The highest BCUT2D eigenvalue weighted by Gasteiger charge is 2.07. The molecule has 1 rings (SSSR count). The maximum atomic E-state index is 10.4. The Morgan fingerprint density at radius 1 is 1.64 bits per heavy atom. The van der Waals surface area contributed by atoms with Crippen LogP contribution in [0.5, 0.6) is 0 Å². The Balaban J connectivity index is 2.50. The van der Waals surface area contributed by atoms with Gasteiger partial charge in [0.1, 0.15) is 0 Å². The highest BCUT2D eigenvalue weighted by Crippen LogP contribution is 2.22. The molecule has 3 N–H and O–H groups in total. The molecule has 7 heteroatoms. The number of nitrogens with two attached hydrogens (primary N) is 1. The van der Waals surface area contributed by atoms with Crippen molar-refractivity contribution >= 4 is 35.0 Å². The zero-order valence-corrected chi connectivity index (χ0v) is 8.73. The number of nitrogens with zero attached hydrogens (tertiary/aromatic N) is 1. The molecule has 1 heterocycles. The maximum Gasteiger partial charge on any atom is 0.309 e. The van der Waals surface area contributed by atoms with E-state index in [1.807, 2.05) is 0 Å². The molecule has 76 valence electrons. The summed E-state index contributed by atoms with van der Waals surface area (Å²) in [5.41, 5.74) is 5.46. The Morgan fingerprint density at radius 2 is 2.36 bits per heavy atom. The van der Waals surface area contributed by atoms with E-state index >= 15 is 0 Å². The van der Waals surface area contributed by atoms with Crippen molar-refractivity contribution in [3.05, 3.63) is 11.1 Å². The van der Waals surface area contributed by atoms with Gasteiger partial charge in [-0.05, 0) is 0 Å². The van der Waals surface area contributed by atoms with Crippen LogP contribution in [0.15, 0.2) is 9.72 Å². The van der Waals surface area contributed by atoms with Gasteiger partial charge in [0.15, 0.2) is 4.34 Å². The molecule has 0 radical (unpaired) electrons. The third kappa shape index (κ3) is 3.75. The number of aliphatic carboxylic acids is 1. The molecule has 0 aliphatic rings. The van der Waals surface area contributed by atoms with Crippen LogP contribution in [-0.2, 0) is 16.0 Å². The van der Waals surface area contributed by atoms with Gasteiger partial charge in [-0.15, -0.1) is 11.3 Å². The summed E-state index contributed by atoms with van der Waals surface area (Å²) in [5, 5.41) is 10.1. The van der Waals surface area contributed by atoms with Crippen LogP contribution in [0.3, 0.4) is 0 Å². The lowest BCUT2D eigenvalue weighted by atomic mass is 10.3. The number of carbonyl (C=O) groups excluding carboxylic acids is 1. The third-order valence-corrected chi connectivity index (χ3v) is 3.29. The molecule has 0 saturated heterocycles. The molecule has 1 aromatic heterocycles. The molecule has 0 atom stereocenters. The molecule has 14 heavy (non-hydrogen) atoms. The van der Waals surface area contributed by atoms with Gasteiger partial charge in [-0.1, -0.05) is 11.8 Å². The second-order valence-corrected chi connectivity index (χ2v) is 4.51. The normalized spacial score (nSPS) is 10.0. The fourth-order valence-corrected chi connectivity index (χ4v) is 2.31. The second kappa shape index (κ2) is 4.97. The van der Waals surface area contributed by atoms with Crippen LogP contribution in [0.1, 0.15) is 5.69 Å². The average molecular weight is 232 g/mol. The number of primary amides is 1. The predicted octanol–water partition coefficient (Wildman–Crippen LogP) is 0.348. The van der Waals surface area contributed by atoms with Gasteiger partial charge >= 0.3 is 5.97 Å². The van der Waals surface area contributed by atoms with Crippen LogP contribution in [-0.4, -0.2) is 27.7 Å². The summed E-state index contributed by atoms with van der Waals surface area (Å²) in [6.07, 6.45) is -0.0897. The van der Waals surface area contributed by atoms with Crippen molar-refractivity contribution in [2.24, 2.45) is 5.73 Å². The number of carbonyl (C=O) groups is 2. The first-order chi connectivity index (χ1) is 6.58. The molecule has 1 amide bonds. The number of carboxylic acids is 1. The SMILES string of the molecule is NC(=O)CSc1nc(CC(=O)O)cs1. The first-order valence-corrected chi connectivity index (χ1v) is 5.51. The summed E-state index contributed by atoms with van der Waals surface area (Å²) in [4.78, 5) is 24.8. The Labute approximate surface area is 88.3 Å². The van der Waals surface area contributed by atoms with Gasteiger partial charge in [0.25, 0.3) is 0 Å². The van der Waals surface area contributed by atoms with E-state index in [-0.39, 0.29) is 12.2 Å². The van der Waals surface area contributed by atoms with Crippen LogP contribution in [0, 0.1) is 0 Å². The first-order valence-electron chi connectivity index (χ1n) is 3.65. The van der Waals surface area contributed by atoms with E-state index < -0.39 is 11.9 Å². The van der Waals surface area contributed by atoms with Gasteiger partial charge in [0.05, 0.1) is 17.9 Å². The molecule has 0 spiro atoms. The lowest BCUT2D eigenvalue weighted by molar-refractivity contribution is -0.136. The molecule has 0 saturated carbocycles. The van der Waals surface area contributed by atoms with E-state index in [9.17, 15) is 9.59 Å². The van der Waals surface area contributed by atoms with Crippen molar-refractivity contribution < 1.29 is 14.7 Å². The Kier molecular flexibility index (Phi) is 3.90. The molecule has 0 aliphatic carbocycles. The standard InChI is InChI=1S/C7H8N2O3S2/c8-5(10)3-14-7-9-4(2-13-7)1-6(11)12/h2H,1,3H2,(H2,8,10)(H,11,12). The summed E-state index contributed by atoms with van der Waals surface area (Å²) in [6.45, 7) is 0. The van der Waals surface area contributed by atoms with Crippen LogP contribution < -0.4 is 5.73 Å². The van der Waals surface area contributed by atoms with E-state index in [1.54, 1.807) is 5.38 Å². The number of thioether (sulfide) groups is 1. The largest absolute Gasteiger partial charge is 0.481 e. The molecule has 0 unspecified atom stereocenters. The number of thiazole rings is 1. The topological polar surface area (TPSA) is 93.3 Å². The summed E-state index contributed by atoms with van der Waals surface area (Å²) < 4.78 is 0.667. The number of hydrogen-bond acceptors (Lipinski definition) is 5. The Morgan fingerprint density at radius 3 is 2.93 bits per heavy atom. The highest BCUT2D eigenvalue weighted by atomic mass is 32.2. The van der Waals surface area contributed by atoms with Crippen LogP contribution in [0.4, 0.5) is 0 Å². The minimum absolute atomic E-state index is 0.0897. The molecule has 0 aromatic carbocycles. The molecule has 0 aliphatic heterocycles. The monoisotopic (exact) mass is 232 g/mol. The quantitative estimate of drug-likeness (QED) is 0.714. The first kappa shape index (κ1) is 11.0. The summed E-state index contributed by atoms with van der Waals surface area (Å²) in [7, 11) is 0. The summed E-state index contributed by atoms with van der Waals surface area (Å²) >= 11 is 2.53. The maximum absolute atomic E-state index is 10.4. The van der Waals surface area contributed by atoms with Gasteiger partial charge in [-0.25, -0.2) is 4.98 Å². The molecule has 0 fully saturated rings.